The topological polar surface area (TPSA) is 64.7 Å². The molecule has 11 rings (SSSR count). The minimum absolute atomic E-state index is 0.623. The van der Waals surface area contributed by atoms with Gasteiger partial charge in [0.15, 0.2) is 17.5 Å². The fraction of sp³-hybridized carbons (Fsp3) is 0. The molecule has 0 aliphatic heterocycles. The average Bonchev–Trinajstić information content (AvgIpc) is 3.82. The van der Waals surface area contributed by atoms with Gasteiger partial charge in [0.2, 0.25) is 0 Å². The van der Waals surface area contributed by atoms with Crippen LogP contribution in [-0.2, 0) is 0 Å². The van der Waals surface area contributed by atoms with E-state index < -0.39 is 0 Å². The largest absolute Gasteiger partial charge is 0.456 e. The maximum Gasteiger partial charge on any atom is 0.164 e. The van der Waals surface area contributed by atoms with E-state index in [4.69, 9.17) is 24.4 Å². The van der Waals surface area contributed by atoms with Gasteiger partial charge >= 0.3 is 0 Å². The Morgan fingerprint density at radius 1 is 0.370 bits per heavy atom. The number of thiazole rings is 1. The van der Waals surface area contributed by atoms with Gasteiger partial charge in [-0.3, -0.25) is 0 Å². The van der Waals surface area contributed by atoms with E-state index in [-0.39, 0.29) is 0 Å². The second kappa shape index (κ2) is 12.3. The van der Waals surface area contributed by atoms with Crippen LogP contribution in [0.5, 0.6) is 0 Å². The Labute approximate surface area is 313 Å². The summed E-state index contributed by atoms with van der Waals surface area (Å²) in [5.41, 5.74) is 8.65. The third kappa shape index (κ3) is 5.23. The van der Waals surface area contributed by atoms with Crippen LogP contribution in [0.1, 0.15) is 0 Å². The molecule has 0 unspecified atom stereocenters. The van der Waals surface area contributed by atoms with E-state index in [9.17, 15) is 0 Å². The molecule has 0 aliphatic carbocycles. The Morgan fingerprint density at radius 2 is 1.02 bits per heavy atom. The molecule has 11 aromatic rings. The van der Waals surface area contributed by atoms with Crippen LogP contribution in [0.3, 0.4) is 0 Å². The molecule has 0 aliphatic rings. The van der Waals surface area contributed by atoms with Crippen molar-refractivity contribution in [3.8, 4) is 55.9 Å². The Morgan fingerprint density at radius 3 is 1.85 bits per heavy atom. The highest BCUT2D eigenvalue weighted by Gasteiger charge is 2.18. The average molecular weight is 709 g/mol. The van der Waals surface area contributed by atoms with Crippen LogP contribution in [0, 0.1) is 0 Å². The minimum Gasteiger partial charge on any atom is -0.456 e. The van der Waals surface area contributed by atoms with E-state index in [1.807, 2.05) is 48.5 Å². The quantitative estimate of drug-likeness (QED) is 0.178. The zero-order valence-electron chi connectivity index (χ0n) is 28.8. The van der Waals surface area contributed by atoms with Crippen molar-refractivity contribution in [1.82, 2.24) is 19.9 Å². The van der Waals surface area contributed by atoms with E-state index in [1.54, 1.807) is 11.3 Å². The Hall–Kier alpha value is -7.02. The molecule has 0 spiro atoms. The first-order valence-corrected chi connectivity index (χ1v) is 18.7. The van der Waals surface area contributed by atoms with Gasteiger partial charge in [0.1, 0.15) is 16.2 Å². The SMILES string of the molecule is c1ccc(-c2nc(-c3ccc4ccccc4c3)nc(-c3cc(-c4ccc5c(c4)oc4cc6nc(-c7ccccc7)sc6cc45)cc4ccccc34)n2)cc1. The summed E-state index contributed by atoms with van der Waals surface area (Å²) in [4.78, 5) is 20.3. The molecule has 8 aromatic carbocycles. The predicted octanol–water partition coefficient (Wildman–Crippen LogP) is 13.0. The van der Waals surface area contributed by atoms with Gasteiger partial charge in [-0.25, -0.2) is 19.9 Å². The lowest BCUT2D eigenvalue weighted by molar-refractivity contribution is 0.669. The lowest BCUT2D eigenvalue weighted by Crippen LogP contribution is -2.01. The highest BCUT2D eigenvalue weighted by atomic mass is 32.1. The van der Waals surface area contributed by atoms with Gasteiger partial charge in [-0.05, 0) is 69.1 Å². The van der Waals surface area contributed by atoms with E-state index in [1.165, 1.54) is 5.39 Å². The molecule has 0 bridgehead atoms. The summed E-state index contributed by atoms with van der Waals surface area (Å²) in [5, 5.41) is 7.66. The summed E-state index contributed by atoms with van der Waals surface area (Å²) in [5.74, 6) is 1.89. The molecule has 54 heavy (non-hydrogen) atoms. The molecule has 0 amide bonds. The maximum atomic E-state index is 6.53. The molecule has 0 atom stereocenters. The van der Waals surface area contributed by atoms with Crippen molar-refractivity contribution in [3.05, 3.63) is 170 Å². The third-order valence-electron chi connectivity index (χ3n) is 10.1. The molecular formula is C48H28N4OS. The maximum absolute atomic E-state index is 6.53. The number of hydrogen-bond acceptors (Lipinski definition) is 6. The summed E-state index contributed by atoms with van der Waals surface area (Å²) in [6.45, 7) is 0. The van der Waals surface area contributed by atoms with Gasteiger partial charge in [0.25, 0.3) is 0 Å². The van der Waals surface area contributed by atoms with E-state index in [2.05, 4.69) is 121 Å². The second-order valence-corrected chi connectivity index (χ2v) is 14.5. The van der Waals surface area contributed by atoms with E-state index in [0.29, 0.717) is 17.5 Å². The Balaban J connectivity index is 1.06. The number of rotatable bonds is 5. The molecule has 0 radical (unpaired) electrons. The van der Waals surface area contributed by atoms with E-state index >= 15 is 0 Å². The fourth-order valence-electron chi connectivity index (χ4n) is 7.41. The molecule has 3 aromatic heterocycles. The molecule has 3 heterocycles. The first-order valence-electron chi connectivity index (χ1n) is 17.9. The Kier molecular flexibility index (Phi) is 6.97. The second-order valence-electron chi connectivity index (χ2n) is 13.5. The smallest absolute Gasteiger partial charge is 0.164 e. The summed E-state index contributed by atoms with van der Waals surface area (Å²) < 4.78 is 7.67. The molecule has 0 saturated carbocycles. The van der Waals surface area contributed by atoms with Crippen LogP contribution in [0.4, 0.5) is 0 Å². The van der Waals surface area contributed by atoms with Crippen molar-refractivity contribution in [2.24, 2.45) is 0 Å². The number of furan rings is 1. The Bertz CT molecular complexity index is 3220. The van der Waals surface area contributed by atoms with Crippen LogP contribution < -0.4 is 0 Å². The number of aromatic nitrogens is 4. The first-order chi connectivity index (χ1) is 26.7. The number of fused-ring (bicyclic) bond motifs is 6. The zero-order valence-corrected chi connectivity index (χ0v) is 29.6. The van der Waals surface area contributed by atoms with Crippen molar-refractivity contribution in [3.63, 3.8) is 0 Å². The number of hydrogen-bond donors (Lipinski definition) is 0. The summed E-state index contributed by atoms with van der Waals surface area (Å²) in [6.07, 6.45) is 0. The van der Waals surface area contributed by atoms with Gasteiger partial charge in [0, 0.05) is 39.1 Å². The van der Waals surface area contributed by atoms with Gasteiger partial charge in [-0.2, -0.15) is 0 Å². The zero-order chi connectivity index (χ0) is 35.6. The number of nitrogens with zero attached hydrogens (tertiary/aromatic N) is 4. The predicted molar refractivity (Wildman–Crippen MR) is 222 cm³/mol. The lowest BCUT2D eigenvalue weighted by Gasteiger charge is -2.13. The fourth-order valence-corrected chi connectivity index (χ4v) is 8.41. The standard InChI is InChI=1S/C48H28N4OS/c1-3-12-30(13-4-1)45-50-46(35-20-19-29-11-7-8-16-32(29)23-35)52-47(51-45)40-25-36(24-34-17-9-10-18-37(34)40)33-21-22-38-39-27-44-41(28-43(39)53-42(38)26-33)49-48(54-44)31-14-5-2-6-15-31/h1-28H. The first kappa shape index (κ1) is 30.6. The van der Waals surface area contributed by atoms with Gasteiger partial charge in [-0.1, -0.05) is 127 Å². The van der Waals surface area contributed by atoms with Crippen molar-refractivity contribution in [2.75, 3.05) is 0 Å². The number of benzene rings is 8. The summed E-state index contributed by atoms with van der Waals surface area (Å²) >= 11 is 1.71. The normalized spacial score (nSPS) is 11.7. The van der Waals surface area contributed by atoms with E-state index in [0.717, 1.165) is 86.7 Å². The van der Waals surface area contributed by atoms with Crippen molar-refractivity contribution >= 4 is 65.0 Å². The van der Waals surface area contributed by atoms with Crippen LogP contribution in [0.2, 0.25) is 0 Å². The lowest BCUT2D eigenvalue weighted by atomic mass is 9.95. The third-order valence-corrected chi connectivity index (χ3v) is 11.2. The molecule has 0 N–H and O–H groups in total. The van der Waals surface area contributed by atoms with Crippen LogP contribution in [-0.4, -0.2) is 19.9 Å². The summed E-state index contributed by atoms with van der Waals surface area (Å²) in [7, 11) is 0. The van der Waals surface area contributed by atoms with Crippen molar-refractivity contribution in [1.29, 1.82) is 0 Å². The molecule has 5 nitrogen and oxygen atoms in total. The molecule has 6 heteroatoms. The van der Waals surface area contributed by atoms with Gasteiger partial charge in [-0.15, -0.1) is 11.3 Å². The van der Waals surface area contributed by atoms with Gasteiger partial charge < -0.3 is 4.42 Å². The molecular weight excluding hydrogens is 681 g/mol. The van der Waals surface area contributed by atoms with Crippen LogP contribution in [0.25, 0.3) is 110 Å². The highest BCUT2D eigenvalue weighted by Crippen LogP contribution is 2.40. The van der Waals surface area contributed by atoms with Gasteiger partial charge in [0.05, 0.1) is 10.2 Å². The van der Waals surface area contributed by atoms with Crippen molar-refractivity contribution in [2.45, 2.75) is 0 Å². The molecule has 252 valence electrons. The van der Waals surface area contributed by atoms with Crippen LogP contribution >= 0.6 is 11.3 Å². The monoisotopic (exact) mass is 708 g/mol. The highest BCUT2D eigenvalue weighted by molar-refractivity contribution is 7.21. The molecule has 0 saturated heterocycles. The molecule has 0 fully saturated rings. The van der Waals surface area contributed by atoms with Crippen LogP contribution in [0.15, 0.2) is 174 Å². The van der Waals surface area contributed by atoms with Crippen molar-refractivity contribution < 1.29 is 4.42 Å². The minimum atomic E-state index is 0.623. The summed E-state index contributed by atoms with van der Waals surface area (Å²) in [6, 6.07) is 58.8.